The summed E-state index contributed by atoms with van der Waals surface area (Å²) in [5.74, 6) is -0.676. The highest BCUT2D eigenvalue weighted by molar-refractivity contribution is 5.94. The van der Waals surface area contributed by atoms with Crippen molar-refractivity contribution in [3.63, 3.8) is 0 Å². The molecule has 5 nitrogen and oxygen atoms in total. The number of rotatable bonds is 4. The quantitative estimate of drug-likeness (QED) is 0.621. The monoisotopic (exact) mass is 391 g/mol. The van der Waals surface area contributed by atoms with E-state index in [1.54, 1.807) is 17.3 Å². The van der Waals surface area contributed by atoms with Crippen LogP contribution in [-0.4, -0.2) is 42.5 Å². The number of aliphatic hydroxyl groups excluding tert-OH is 1. The predicted molar refractivity (Wildman–Crippen MR) is 99.6 cm³/mol. The summed E-state index contributed by atoms with van der Waals surface area (Å²) in [6, 6.07) is 8.89. The Morgan fingerprint density at radius 3 is 2.68 bits per heavy atom. The Kier molecular flexibility index (Phi) is 5.42. The summed E-state index contributed by atoms with van der Waals surface area (Å²) in [5.41, 5.74) is 1.22. The first-order valence-electron chi connectivity index (χ1n) is 8.65. The van der Waals surface area contributed by atoms with Gasteiger partial charge < -0.3 is 15.3 Å². The smallest absolute Gasteiger partial charge is 0.390 e. The zero-order chi connectivity index (χ0) is 20.5. The third-order valence-electron chi connectivity index (χ3n) is 4.45. The fourth-order valence-corrected chi connectivity index (χ4v) is 3.11. The van der Waals surface area contributed by atoms with Gasteiger partial charge in [0.25, 0.3) is 5.91 Å². The number of nitrogens with one attached hydrogen (secondary N) is 1. The van der Waals surface area contributed by atoms with E-state index in [1.807, 2.05) is 26.2 Å². The first kappa shape index (κ1) is 19.9. The molecular formula is C20H20F3N3O2. The minimum atomic E-state index is -4.53. The van der Waals surface area contributed by atoms with Gasteiger partial charge in [-0.2, -0.15) is 13.2 Å². The summed E-state index contributed by atoms with van der Waals surface area (Å²) >= 11 is 0. The van der Waals surface area contributed by atoms with Gasteiger partial charge in [-0.25, -0.2) is 4.99 Å². The highest BCUT2D eigenvalue weighted by Crippen LogP contribution is 2.35. The maximum Gasteiger partial charge on any atom is 0.416 e. The lowest BCUT2D eigenvalue weighted by Gasteiger charge is -2.18. The van der Waals surface area contributed by atoms with Crippen LogP contribution in [0.15, 0.2) is 47.5 Å². The molecule has 148 valence electrons. The summed E-state index contributed by atoms with van der Waals surface area (Å²) < 4.78 is 38.6. The van der Waals surface area contributed by atoms with Gasteiger partial charge in [0.05, 0.1) is 29.7 Å². The van der Waals surface area contributed by atoms with Gasteiger partial charge in [-0.15, -0.1) is 0 Å². The summed E-state index contributed by atoms with van der Waals surface area (Å²) in [4.78, 5) is 18.6. The van der Waals surface area contributed by atoms with Crippen molar-refractivity contribution in [2.45, 2.75) is 24.7 Å². The number of halogens is 3. The number of hydrogen-bond acceptors (Lipinski definition) is 3. The molecule has 0 saturated heterocycles. The van der Waals surface area contributed by atoms with E-state index in [2.05, 4.69) is 10.3 Å². The standard InChI is InChI=1S/C20H20F3N3O2/c1-26(2)11-24-15-7-6-12-9-17(27)18(16(12)10-15)25-19(28)13-4-3-5-14(8-13)20(21,22)23/h3-8,10-11,17-18,27H,9H2,1-2H3,(H,25,28)/t17-,18?/m1/s1. The number of hydrogen-bond donors (Lipinski definition) is 2. The number of fused-ring (bicyclic) bond motifs is 1. The van der Waals surface area contributed by atoms with Crippen molar-refractivity contribution in [2.75, 3.05) is 14.1 Å². The Balaban J connectivity index is 1.84. The third kappa shape index (κ3) is 4.33. The van der Waals surface area contributed by atoms with Gasteiger partial charge in [0.2, 0.25) is 0 Å². The maximum absolute atomic E-state index is 12.9. The lowest BCUT2D eigenvalue weighted by Crippen LogP contribution is -2.34. The number of aliphatic hydroxyl groups is 1. The van der Waals surface area contributed by atoms with Crippen LogP contribution in [-0.2, 0) is 12.6 Å². The molecule has 3 rings (SSSR count). The minimum Gasteiger partial charge on any atom is -0.390 e. The van der Waals surface area contributed by atoms with Gasteiger partial charge in [0, 0.05) is 26.1 Å². The number of carbonyl (C=O) groups excluding carboxylic acids is 1. The molecule has 1 aliphatic rings. The van der Waals surface area contributed by atoms with Crippen LogP contribution in [0.4, 0.5) is 18.9 Å². The predicted octanol–water partition coefficient (Wildman–Crippen LogP) is 3.31. The van der Waals surface area contributed by atoms with Gasteiger partial charge in [-0.05, 0) is 41.5 Å². The van der Waals surface area contributed by atoms with Crippen LogP contribution < -0.4 is 5.32 Å². The van der Waals surface area contributed by atoms with Crippen LogP contribution in [0.1, 0.15) is 33.1 Å². The molecule has 2 aromatic carbocycles. The molecule has 2 aromatic rings. The molecule has 0 radical (unpaired) electrons. The van der Waals surface area contributed by atoms with Crippen LogP contribution in [0.25, 0.3) is 0 Å². The number of benzene rings is 2. The highest BCUT2D eigenvalue weighted by Gasteiger charge is 2.34. The molecule has 1 unspecified atom stereocenters. The van der Waals surface area contributed by atoms with Crippen molar-refractivity contribution >= 4 is 17.9 Å². The Labute approximate surface area is 160 Å². The van der Waals surface area contributed by atoms with Crippen molar-refractivity contribution in [1.29, 1.82) is 0 Å². The van der Waals surface area contributed by atoms with Crippen molar-refractivity contribution in [3.8, 4) is 0 Å². The Hall–Kier alpha value is -2.87. The number of alkyl halides is 3. The van der Waals surface area contributed by atoms with E-state index in [-0.39, 0.29) is 5.56 Å². The van der Waals surface area contributed by atoms with Crippen LogP contribution in [0, 0.1) is 0 Å². The van der Waals surface area contributed by atoms with Gasteiger partial charge >= 0.3 is 6.18 Å². The van der Waals surface area contributed by atoms with Gasteiger partial charge in [0.1, 0.15) is 0 Å². The van der Waals surface area contributed by atoms with E-state index < -0.39 is 29.8 Å². The van der Waals surface area contributed by atoms with Gasteiger partial charge in [0.15, 0.2) is 0 Å². The largest absolute Gasteiger partial charge is 0.416 e. The van der Waals surface area contributed by atoms with Crippen molar-refractivity contribution in [2.24, 2.45) is 4.99 Å². The molecule has 0 bridgehead atoms. The van der Waals surface area contributed by atoms with E-state index >= 15 is 0 Å². The van der Waals surface area contributed by atoms with Gasteiger partial charge in [-0.1, -0.05) is 12.1 Å². The lowest BCUT2D eigenvalue weighted by atomic mass is 10.1. The molecule has 0 aliphatic heterocycles. The van der Waals surface area contributed by atoms with E-state index in [9.17, 15) is 23.1 Å². The minimum absolute atomic E-state index is 0.114. The number of aliphatic imine (C=N–C) groups is 1. The third-order valence-corrected chi connectivity index (χ3v) is 4.45. The normalized spacial score (nSPS) is 18.9. The molecule has 28 heavy (non-hydrogen) atoms. The second-order valence-electron chi connectivity index (χ2n) is 6.89. The van der Waals surface area contributed by atoms with Crippen molar-refractivity contribution < 1.29 is 23.1 Å². The summed E-state index contributed by atoms with van der Waals surface area (Å²) in [7, 11) is 3.66. The van der Waals surface area contributed by atoms with Crippen LogP contribution in [0.3, 0.4) is 0 Å². The van der Waals surface area contributed by atoms with Crippen LogP contribution in [0.5, 0.6) is 0 Å². The van der Waals surface area contributed by atoms with E-state index in [0.717, 1.165) is 17.7 Å². The first-order valence-corrected chi connectivity index (χ1v) is 8.65. The average Bonchev–Trinajstić information content (AvgIpc) is 2.94. The zero-order valence-corrected chi connectivity index (χ0v) is 15.4. The molecule has 0 saturated carbocycles. The summed E-state index contributed by atoms with van der Waals surface area (Å²) in [5, 5.41) is 13.0. The first-order chi connectivity index (χ1) is 13.1. The SMILES string of the molecule is CN(C)C=Nc1ccc2c(c1)C(NC(=O)c1cccc(C(F)(F)F)c1)[C@H](O)C2. The fraction of sp³-hybridized carbons (Fsp3) is 0.300. The summed E-state index contributed by atoms with van der Waals surface area (Å²) in [6.07, 6.45) is -3.42. The Bertz CT molecular complexity index is 910. The Morgan fingerprint density at radius 2 is 2.00 bits per heavy atom. The second kappa shape index (κ2) is 7.63. The van der Waals surface area contributed by atoms with Crippen LogP contribution >= 0.6 is 0 Å². The molecule has 0 fully saturated rings. The zero-order valence-electron chi connectivity index (χ0n) is 15.4. The lowest BCUT2D eigenvalue weighted by molar-refractivity contribution is -0.137. The van der Waals surface area contributed by atoms with Crippen molar-refractivity contribution in [1.82, 2.24) is 10.2 Å². The molecule has 1 aliphatic carbocycles. The number of carbonyl (C=O) groups is 1. The van der Waals surface area contributed by atoms with E-state index in [1.165, 1.54) is 12.1 Å². The maximum atomic E-state index is 12.9. The topological polar surface area (TPSA) is 64.9 Å². The molecule has 0 aromatic heterocycles. The highest BCUT2D eigenvalue weighted by atomic mass is 19.4. The number of nitrogens with zero attached hydrogens (tertiary/aromatic N) is 2. The molecule has 2 N–H and O–H groups in total. The Morgan fingerprint density at radius 1 is 1.25 bits per heavy atom. The molecule has 0 heterocycles. The van der Waals surface area contributed by atoms with Crippen LogP contribution in [0.2, 0.25) is 0 Å². The fourth-order valence-electron chi connectivity index (χ4n) is 3.11. The average molecular weight is 391 g/mol. The summed E-state index contributed by atoms with van der Waals surface area (Å²) in [6.45, 7) is 0. The van der Waals surface area contributed by atoms with Gasteiger partial charge in [-0.3, -0.25) is 4.79 Å². The molecule has 0 spiro atoms. The molecular weight excluding hydrogens is 371 g/mol. The van der Waals surface area contributed by atoms with E-state index in [4.69, 9.17) is 0 Å². The van der Waals surface area contributed by atoms with Crippen molar-refractivity contribution in [3.05, 3.63) is 64.7 Å². The molecule has 2 atom stereocenters. The van der Waals surface area contributed by atoms with E-state index in [0.29, 0.717) is 17.7 Å². The number of amides is 1. The molecule has 1 amide bonds. The molecule has 8 heteroatoms. The second-order valence-corrected chi connectivity index (χ2v) is 6.89.